The van der Waals surface area contributed by atoms with Crippen molar-refractivity contribution in [3.63, 3.8) is 0 Å². The van der Waals surface area contributed by atoms with Crippen molar-refractivity contribution in [2.75, 3.05) is 6.56 Å². The number of halogens is 1. The predicted molar refractivity (Wildman–Crippen MR) is 63.3 cm³/mol. The molecule has 1 aliphatic rings. The Morgan fingerprint density at radius 1 is 1.44 bits per heavy atom. The molecular formula is C14H19FO. The predicted octanol–water partition coefficient (Wildman–Crippen LogP) is 3.91. The summed E-state index contributed by atoms with van der Waals surface area (Å²) in [6.45, 7) is 4.32. The van der Waals surface area contributed by atoms with Gasteiger partial charge in [0.1, 0.15) is 0 Å². The van der Waals surface area contributed by atoms with Gasteiger partial charge in [0, 0.05) is 0 Å². The molecule has 2 rings (SSSR count). The average molecular weight is 224 g/mol. The van der Waals surface area contributed by atoms with Crippen LogP contribution < -0.4 is 4.74 Å². The first-order valence-corrected chi connectivity index (χ1v) is 5.69. The van der Waals surface area contributed by atoms with E-state index in [1.807, 2.05) is 20.8 Å². The zero-order valence-electron chi connectivity index (χ0n) is 12.0. The molecule has 0 spiro atoms. The highest BCUT2D eigenvalue weighted by atomic mass is 19.1. The van der Waals surface area contributed by atoms with Gasteiger partial charge in [-0.15, -0.1) is 0 Å². The molecule has 0 atom stereocenters. The van der Waals surface area contributed by atoms with Crippen molar-refractivity contribution in [1.82, 2.24) is 0 Å². The second-order valence-electron chi connectivity index (χ2n) is 5.39. The van der Waals surface area contributed by atoms with Crippen LogP contribution in [0.3, 0.4) is 0 Å². The summed E-state index contributed by atoms with van der Waals surface area (Å²) in [6.07, 6.45) is 1.63. The molecule has 0 radical (unpaired) electrons. The van der Waals surface area contributed by atoms with Gasteiger partial charge in [-0.1, -0.05) is 26.8 Å². The summed E-state index contributed by atoms with van der Waals surface area (Å²) >= 11 is 0. The normalized spacial score (nSPS) is 19.0. The van der Waals surface area contributed by atoms with Crippen LogP contribution in [0.5, 0.6) is 5.75 Å². The summed E-state index contributed by atoms with van der Waals surface area (Å²) in [6, 6.07) is 4.67. The lowest BCUT2D eigenvalue weighted by molar-refractivity contribution is 0.284. The fourth-order valence-electron chi connectivity index (χ4n) is 1.40. The summed E-state index contributed by atoms with van der Waals surface area (Å²) in [4.78, 5) is 0. The van der Waals surface area contributed by atoms with Gasteiger partial charge in [0.2, 0.25) is 0 Å². The van der Waals surface area contributed by atoms with Crippen LogP contribution >= 0.6 is 0 Å². The number of benzene rings is 1. The molecule has 2 heteroatoms. The molecule has 16 heavy (non-hydrogen) atoms. The maximum absolute atomic E-state index is 13.7. The summed E-state index contributed by atoms with van der Waals surface area (Å²) in [5.74, 6) is -0.595. The quantitative estimate of drug-likeness (QED) is 0.756. The van der Waals surface area contributed by atoms with Crippen LogP contribution in [-0.2, 0) is 5.41 Å². The number of ether oxygens (including phenoxy) is 1. The Morgan fingerprint density at radius 2 is 2.12 bits per heavy atom. The van der Waals surface area contributed by atoms with Crippen molar-refractivity contribution in [2.45, 2.75) is 39.0 Å². The van der Waals surface area contributed by atoms with Crippen LogP contribution in [0, 0.1) is 11.7 Å². The summed E-state index contributed by atoms with van der Waals surface area (Å²) in [5.41, 5.74) is 0.823. The molecule has 1 aromatic carbocycles. The molecule has 0 unspecified atom stereocenters. The van der Waals surface area contributed by atoms with Crippen LogP contribution in [0.2, 0.25) is 0 Å². The molecule has 0 saturated heterocycles. The van der Waals surface area contributed by atoms with Crippen molar-refractivity contribution in [3.05, 3.63) is 29.6 Å². The number of hydrogen-bond acceptors (Lipinski definition) is 1. The highest BCUT2D eigenvalue weighted by molar-refractivity contribution is 5.34. The molecule has 0 heterocycles. The van der Waals surface area contributed by atoms with Gasteiger partial charge in [-0.3, -0.25) is 0 Å². The van der Waals surface area contributed by atoms with Gasteiger partial charge in [-0.2, -0.15) is 0 Å². The van der Waals surface area contributed by atoms with Gasteiger partial charge in [0.25, 0.3) is 0 Å². The molecule has 88 valence electrons. The number of rotatable bonds is 3. The average Bonchev–Trinajstić information content (AvgIpc) is 3.02. The van der Waals surface area contributed by atoms with Crippen LogP contribution in [0.4, 0.5) is 4.39 Å². The van der Waals surface area contributed by atoms with Crippen molar-refractivity contribution >= 4 is 0 Å². The third-order valence-electron chi connectivity index (χ3n) is 2.71. The molecular weight excluding hydrogens is 203 g/mol. The zero-order chi connectivity index (χ0) is 13.6. The van der Waals surface area contributed by atoms with E-state index < -0.39 is 12.4 Å². The standard InChI is InChI=1S/C14H19FO/c1-14(2,3)11-6-7-12(15)13(8-11)16-9-10-4-5-10/h6-8,10H,4-5,9H2,1-3H3/i9D2. The van der Waals surface area contributed by atoms with Crippen LogP contribution in [0.15, 0.2) is 18.2 Å². The lowest BCUT2D eigenvalue weighted by Crippen LogP contribution is -2.12. The minimum atomic E-state index is -1.77. The van der Waals surface area contributed by atoms with Crippen molar-refractivity contribution in [2.24, 2.45) is 5.92 Å². The van der Waals surface area contributed by atoms with Gasteiger partial charge < -0.3 is 4.74 Å². The maximum atomic E-state index is 13.7. The minimum absolute atomic E-state index is 0.0133. The van der Waals surface area contributed by atoms with E-state index in [4.69, 9.17) is 7.48 Å². The van der Waals surface area contributed by atoms with E-state index >= 15 is 0 Å². The molecule has 0 amide bonds. The molecule has 1 nitrogen and oxygen atoms in total. The first kappa shape index (κ1) is 9.03. The number of hydrogen-bond donors (Lipinski definition) is 0. The van der Waals surface area contributed by atoms with E-state index in [0.717, 1.165) is 18.4 Å². The van der Waals surface area contributed by atoms with E-state index in [1.54, 1.807) is 12.1 Å². The molecule has 0 N–H and O–H groups in total. The molecule has 1 aliphatic carbocycles. The summed E-state index contributed by atoms with van der Waals surface area (Å²) in [5, 5.41) is 0. The molecule has 0 bridgehead atoms. The Balaban J connectivity index is 2.26. The minimum Gasteiger partial charge on any atom is -0.490 e. The monoisotopic (exact) mass is 224 g/mol. The Labute approximate surface area is 99.4 Å². The first-order chi connectivity index (χ1) is 8.20. The van der Waals surface area contributed by atoms with Gasteiger partial charge in [-0.25, -0.2) is 4.39 Å². The van der Waals surface area contributed by atoms with Crippen molar-refractivity contribution in [3.8, 4) is 5.75 Å². The van der Waals surface area contributed by atoms with Crippen molar-refractivity contribution in [1.29, 1.82) is 0 Å². The van der Waals surface area contributed by atoms with Gasteiger partial charge in [0.05, 0.1) is 9.30 Å². The molecule has 1 aromatic rings. The van der Waals surface area contributed by atoms with Gasteiger partial charge in [-0.05, 0) is 41.9 Å². The zero-order valence-corrected chi connectivity index (χ0v) is 10.0. The smallest absolute Gasteiger partial charge is 0.165 e. The Kier molecular flexibility index (Phi) is 2.30. The van der Waals surface area contributed by atoms with Crippen LogP contribution in [0.25, 0.3) is 0 Å². The van der Waals surface area contributed by atoms with E-state index in [2.05, 4.69) is 0 Å². The summed E-state index contributed by atoms with van der Waals surface area (Å²) < 4.78 is 34.5. The highest BCUT2D eigenvalue weighted by Gasteiger charge is 2.23. The Morgan fingerprint density at radius 3 is 2.69 bits per heavy atom. The fraction of sp³-hybridized carbons (Fsp3) is 0.571. The SMILES string of the molecule is [2H]C([2H])(Oc1cc(C(C)(C)C)ccc1F)C1CC1. The molecule has 1 saturated carbocycles. The lowest BCUT2D eigenvalue weighted by Gasteiger charge is -2.20. The van der Waals surface area contributed by atoms with Gasteiger partial charge >= 0.3 is 0 Å². The van der Waals surface area contributed by atoms with Crippen molar-refractivity contribution < 1.29 is 11.9 Å². The third kappa shape index (κ3) is 2.75. The molecule has 1 fully saturated rings. The van der Waals surface area contributed by atoms with E-state index in [9.17, 15) is 4.39 Å². The second kappa shape index (κ2) is 4.08. The third-order valence-corrected chi connectivity index (χ3v) is 2.71. The second-order valence-corrected chi connectivity index (χ2v) is 5.39. The van der Waals surface area contributed by atoms with Gasteiger partial charge in [0.15, 0.2) is 11.6 Å². The Hall–Kier alpha value is -1.05. The summed E-state index contributed by atoms with van der Waals surface area (Å²) in [7, 11) is 0. The van der Waals surface area contributed by atoms with Crippen LogP contribution in [0.1, 0.15) is 41.9 Å². The van der Waals surface area contributed by atoms with E-state index in [-0.39, 0.29) is 17.1 Å². The lowest BCUT2D eigenvalue weighted by atomic mass is 9.87. The maximum Gasteiger partial charge on any atom is 0.165 e. The topological polar surface area (TPSA) is 9.23 Å². The van der Waals surface area contributed by atoms with Crippen LogP contribution in [-0.4, -0.2) is 6.56 Å². The highest BCUT2D eigenvalue weighted by Crippen LogP contribution is 2.32. The fourth-order valence-corrected chi connectivity index (χ4v) is 1.40. The van der Waals surface area contributed by atoms with E-state index in [1.165, 1.54) is 6.07 Å². The first-order valence-electron chi connectivity index (χ1n) is 6.69. The molecule has 0 aromatic heterocycles. The Bertz CT molecular complexity index is 448. The molecule has 0 aliphatic heterocycles. The van der Waals surface area contributed by atoms with E-state index in [0.29, 0.717) is 0 Å². The largest absolute Gasteiger partial charge is 0.490 e.